The standard InChI is InChI=1S/C23H28N4O2/c28-22(26-16-14-25(15-17-26)21-11-5-2-6-12-21)19-8-7-13-27(18-19)23(29)24-20-9-3-1-4-10-20/h1-6,9-12,19H,7-8,13-18H2,(H,24,29)/t19-/m1/s1. The molecule has 2 aromatic carbocycles. The summed E-state index contributed by atoms with van der Waals surface area (Å²) in [6.45, 7) is 4.36. The van der Waals surface area contributed by atoms with Crippen molar-refractivity contribution in [2.24, 2.45) is 5.92 Å². The number of urea groups is 1. The molecule has 2 aliphatic heterocycles. The van der Waals surface area contributed by atoms with E-state index in [9.17, 15) is 9.59 Å². The summed E-state index contributed by atoms with van der Waals surface area (Å²) in [6.07, 6.45) is 1.72. The van der Waals surface area contributed by atoms with E-state index in [0.29, 0.717) is 13.1 Å². The van der Waals surface area contributed by atoms with Crippen molar-refractivity contribution in [1.82, 2.24) is 9.80 Å². The molecule has 2 saturated heterocycles. The summed E-state index contributed by atoms with van der Waals surface area (Å²) in [4.78, 5) is 31.7. The maximum Gasteiger partial charge on any atom is 0.321 e. The first-order chi connectivity index (χ1) is 14.2. The van der Waals surface area contributed by atoms with Crippen LogP contribution in [0.25, 0.3) is 0 Å². The van der Waals surface area contributed by atoms with Gasteiger partial charge in [-0.05, 0) is 37.1 Å². The highest BCUT2D eigenvalue weighted by Crippen LogP contribution is 2.22. The average molecular weight is 393 g/mol. The summed E-state index contributed by atoms with van der Waals surface area (Å²) in [7, 11) is 0. The number of benzene rings is 2. The van der Waals surface area contributed by atoms with E-state index < -0.39 is 0 Å². The van der Waals surface area contributed by atoms with E-state index >= 15 is 0 Å². The van der Waals surface area contributed by atoms with E-state index in [2.05, 4.69) is 22.3 Å². The molecule has 0 aliphatic carbocycles. The van der Waals surface area contributed by atoms with Crippen molar-refractivity contribution >= 4 is 23.3 Å². The molecular weight excluding hydrogens is 364 g/mol. The predicted molar refractivity (Wildman–Crippen MR) is 115 cm³/mol. The number of carbonyl (C=O) groups excluding carboxylic acids is 2. The Bertz CT molecular complexity index is 819. The third-order valence-corrected chi connectivity index (χ3v) is 5.80. The first-order valence-electron chi connectivity index (χ1n) is 10.4. The molecule has 2 aromatic rings. The Labute approximate surface area is 172 Å². The molecule has 152 valence electrons. The van der Waals surface area contributed by atoms with Crippen LogP contribution in [0.3, 0.4) is 0 Å². The Kier molecular flexibility index (Phi) is 5.98. The first-order valence-corrected chi connectivity index (χ1v) is 10.4. The fourth-order valence-electron chi connectivity index (χ4n) is 4.17. The average Bonchev–Trinajstić information content (AvgIpc) is 2.80. The number of piperidine rings is 1. The second-order valence-electron chi connectivity index (χ2n) is 7.73. The zero-order chi connectivity index (χ0) is 20.1. The van der Waals surface area contributed by atoms with Gasteiger partial charge in [-0.25, -0.2) is 4.79 Å². The fraction of sp³-hybridized carbons (Fsp3) is 0.391. The summed E-state index contributed by atoms with van der Waals surface area (Å²) in [6, 6.07) is 19.7. The molecule has 29 heavy (non-hydrogen) atoms. The molecular formula is C23H28N4O2. The molecule has 1 N–H and O–H groups in total. The van der Waals surface area contributed by atoms with Crippen LogP contribution < -0.4 is 10.2 Å². The van der Waals surface area contributed by atoms with Crippen molar-refractivity contribution in [3.63, 3.8) is 0 Å². The Morgan fingerprint density at radius 3 is 2.14 bits per heavy atom. The van der Waals surface area contributed by atoms with Crippen LogP contribution in [0.1, 0.15) is 12.8 Å². The van der Waals surface area contributed by atoms with Crippen LogP contribution >= 0.6 is 0 Å². The van der Waals surface area contributed by atoms with Gasteiger partial charge in [-0.2, -0.15) is 0 Å². The van der Waals surface area contributed by atoms with Crippen LogP contribution in [0, 0.1) is 5.92 Å². The van der Waals surface area contributed by atoms with E-state index in [1.807, 2.05) is 53.4 Å². The Morgan fingerprint density at radius 1 is 0.793 bits per heavy atom. The van der Waals surface area contributed by atoms with Crippen LogP contribution in [0.4, 0.5) is 16.2 Å². The van der Waals surface area contributed by atoms with E-state index in [-0.39, 0.29) is 17.9 Å². The number of anilines is 2. The molecule has 0 unspecified atom stereocenters. The van der Waals surface area contributed by atoms with Crippen molar-refractivity contribution in [1.29, 1.82) is 0 Å². The SMILES string of the molecule is O=C(Nc1ccccc1)N1CCC[C@@H](C(=O)N2CCN(c3ccccc3)CC2)C1. The number of likely N-dealkylation sites (tertiary alicyclic amines) is 1. The highest BCUT2D eigenvalue weighted by molar-refractivity contribution is 5.90. The number of para-hydroxylation sites is 2. The molecule has 0 spiro atoms. The molecule has 3 amide bonds. The van der Waals surface area contributed by atoms with Gasteiger partial charge in [-0.3, -0.25) is 4.79 Å². The number of nitrogens with one attached hydrogen (secondary N) is 1. The highest BCUT2D eigenvalue weighted by Gasteiger charge is 2.32. The highest BCUT2D eigenvalue weighted by atomic mass is 16.2. The number of amides is 3. The topological polar surface area (TPSA) is 55.9 Å². The lowest BCUT2D eigenvalue weighted by atomic mass is 9.96. The summed E-state index contributed by atoms with van der Waals surface area (Å²) in [5.41, 5.74) is 1.99. The summed E-state index contributed by atoms with van der Waals surface area (Å²) in [5, 5.41) is 2.93. The lowest BCUT2D eigenvalue weighted by Gasteiger charge is -2.39. The van der Waals surface area contributed by atoms with Gasteiger partial charge in [0.1, 0.15) is 0 Å². The van der Waals surface area contributed by atoms with Crippen molar-refractivity contribution < 1.29 is 9.59 Å². The maximum atomic E-state index is 13.1. The lowest BCUT2D eigenvalue weighted by molar-refractivity contribution is -0.137. The van der Waals surface area contributed by atoms with Crippen molar-refractivity contribution in [3.8, 4) is 0 Å². The van der Waals surface area contributed by atoms with Gasteiger partial charge in [-0.15, -0.1) is 0 Å². The predicted octanol–water partition coefficient (Wildman–Crippen LogP) is 3.28. The Hall–Kier alpha value is -3.02. The maximum absolute atomic E-state index is 13.1. The normalized spacial score (nSPS) is 19.7. The third-order valence-electron chi connectivity index (χ3n) is 5.80. The van der Waals surface area contributed by atoms with Crippen molar-refractivity contribution in [3.05, 3.63) is 60.7 Å². The van der Waals surface area contributed by atoms with Gasteiger partial charge in [0.05, 0.1) is 5.92 Å². The second-order valence-corrected chi connectivity index (χ2v) is 7.73. The quantitative estimate of drug-likeness (QED) is 0.872. The number of carbonyl (C=O) groups is 2. The van der Waals surface area contributed by atoms with Gasteiger partial charge in [0.2, 0.25) is 5.91 Å². The number of hydrogen-bond acceptors (Lipinski definition) is 3. The minimum atomic E-state index is -0.123. The molecule has 0 bridgehead atoms. The molecule has 4 rings (SSSR count). The van der Waals surface area contributed by atoms with Crippen molar-refractivity contribution in [2.45, 2.75) is 12.8 Å². The zero-order valence-corrected chi connectivity index (χ0v) is 16.7. The number of rotatable bonds is 3. The number of nitrogens with zero attached hydrogens (tertiary/aromatic N) is 3. The van der Waals surface area contributed by atoms with E-state index in [1.165, 1.54) is 5.69 Å². The van der Waals surface area contributed by atoms with E-state index in [4.69, 9.17) is 0 Å². The fourth-order valence-corrected chi connectivity index (χ4v) is 4.17. The van der Waals surface area contributed by atoms with Gasteiger partial charge in [0, 0.05) is 50.6 Å². The molecule has 2 heterocycles. The first kappa shape index (κ1) is 19.3. The third kappa shape index (κ3) is 4.70. The zero-order valence-electron chi connectivity index (χ0n) is 16.7. The molecule has 6 heteroatoms. The molecule has 2 fully saturated rings. The van der Waals surface area contributed by atoms with Crippen LogP contribution in [0.15, 0.2) is 60.7 Å². The van der Waals surface area contributed by atoms with Crippen LogP contribution in [0.2, 0.25) is 0 Å². The lowest BCUT2D eigenvalue weighted by Crippen LogP contribution is -2.53. The Morgan fingerprint density at radius 2 is 1.45 bits per heavy atom. The molecule has 0 aromatic heterocycles. The van der Waals surface area contributed by atoms with E-state index in [1.54, 1.807) is 4.90 Å². The molecule has 0 saturated carbocycles. The van der Waals surface area contributed by atoms with Crippen molar-refractivity contribution in [2.75, 3.05) is 49.5 Å². The smallest absolute Gasteiger partial charge is 0.321 e. The molecule has 2 aliphatic rings. The van der Waals surface area contributed by atoms with Crippen LogP contribution in [0.5, 0.6) is 0 Å². The van der Waals surface area contributed by atoms with Gasteiger partial charge in [0.15, 0.2) is 0 Å². The molecule has 6 nitrogen and oxygen atoms in total. The van der Waals surface area contributed by atoms with Gasteiger partial charge in [0.25, 0.3) is 0 Å². The second kappa shape index (κ2) is 8.99. The minimum absolute atomic E-state index is 0.103. The van der Waals surface area contributed by atoms with Gasteiger partial charge in [-0.1, -0.05) is 36.4 Å². The largest absolute Gasteiger partial charge is 0.368 e. The molecule has 1 atom stereocenters. The monoisotopic (exact) mass is 392 g/mol. The van der Waals surface area contributed by atoms with E-state index in [0.717, 1.165) is 44.7 Å². The number of piperazine rings is 1. The van der Waals surface area contributed by atoms with Crippen LogP contribution in [-0.2, 0) is 4.79 Å². The summed E-state index contributed by atoms with van der Waals surface area (Å²) >= 11 is 0. The molecule has 0 radical (unpaired) electrons. The minimum Gasteiger partial charge on any atom is -0.368 e. The summed E-state index contributed by atoms with van der Waals surface area (Å²) < 4.78 is 0. The van der Waals surface area contributed by atoms with Gasteiger partial charge >= 0.3 is 6.03 Å². The number of hydrogen-bond donors (Lipinski definition) is 1. The summed E-state index contributed by atoms with van der Waals surface area (Å²) in [5.74, 6) is 0.0865. The van der Waals surface area contributed by atoms with Gasteiger partial charge < -0.3 is 20.0 Å². The van der Waals surface area contributed by atoms with Crippen LogP contribution in [-0.4, -0.2) is 61.0 Å². The Balaban J connectivity index is 1.30.